The summed E-state index contributed by atoms with van der Waals surface area (Å²) in [6.45, 7) is 11.4. The maximum absolute atomic E-state index is 5.73. The lowest BCUT2D eigenvalue weighted by Gasteiger charge is -2.33. The number of furan rings is 1. The van der Waals surface area contributed by atoms with E-state index in [-0.39, 0.29) is 0 Å². The average Bonchev–Trinajstić information content (AvgIpc) is 2.70. The lowest BCUT2D eigenvalue weighted by molar-refractivity contribution is 0.125. The van der Waals surface area contributed by atoms with E-state index < -0.39 is 0 Å². The third kappa shape index (κ3) is 3.09. The third-order valence-corrected chi connectivity index (χ3v) is 3.58. The monoisotopic (exact) mass is 237 g/mol. The summed E-state index contributed by atoms with van der Waals surface area (Å²) in [5.41, 5.74) is 6.78. The molecule has 0 saturated carbocycles. The van der Waals surface area contributed by atoms with Gasteiger partial charge in [0.2, 0.25) is 0 Å². The summed E-state index contributed by atoms with van der Waals surface area (Å²) in [7, 11) is 0. The minimum Gasteiger partial charge on any atom is -0.465 e. The highest BCUT2D eigenvalue weighted by Crippen LogP contribution is 2.16. The van der Waals surface area contributed by atoms with E-state index >= 15 is 0 Å². The largest absolute Gasteiger partial charge is 0.465 e. The molecule has 1 fully saturated rings. The van der Waals surface area contributed by atoms with Gasteiger partial charge in [0, 0.05) is 38.3 Å². The molecule has 2 rings (SSSR count). The van der Waals surface area contributed by atoms with Crippen molar-refractivity contribution in [2.45, 2.75) is 26.9 Å². The van der Waals surface area contributed by atoms with E-state index in [2.05, 4.69) is 22.8 Å². The van der Waals surface area contributed by atoms with Crippen LogP contribution in [0.4, 0.5) is 0 Å². The first-order valence-electron chi connectivity index (χ1n) is 6.46. The van der Waals surface area contributed by atoms with E-state index in [1.807, 2.05) is 6.92 Å². The Morgan fingerprint density at radius 1 is 1.24 bits per heavy atom. The highest BCUT2D eigenvalue weighted by atomic mass is 16.3. The Balaban J connectivity index is 1.88. The van der Waals surface area contributed by atoms with Gasteiger partial charge < -0.3 is 15.1 Å². The standard InChI is InChI=1S/C13H23N3O/c1-3-15-4-6-16(7-5-15)10-13-8-12(9-14)11(2)17-13/h8H,3-7,9-10,14H2,1-2H3. The lowest BCUT2D eigenvalue weighted by Crippen LogP contribution is -2.45. The van der Waals surface area contributed by atoms with E-state index in [9.17, 15) is 0 Å². The summed E-state index contributed by atoms with van der Waals surface area (Å²) < 4.78 is 5.73. The molecule has 0 spiro atoms. The summed E-state index contributed by atoms with van der Waals surface area (Å²) in [4.78, 5) is 4.93. The van der Waals surface area contributed by atoms with Crippen LogP contribution in [-0.2, 0) is 13.1 Å². The van der Waals surface area contributed by atoms with Gasteiger partial charge in [0.25, 0.3) is 0 Å². The van der Waals surface area contributed by atoms with Crippen molar-refractivity contribution in [3.05, 3.63) is 23.2 Å². The van der Waals surface area contributed by atoms with Crippen molar-refractivity contribution in [1.29, 1.82) is 0 Å². The van der Waals surface area contributed by atoms with Crippen molar-refractivity contribution in [2.75, 3.05) is 32.7 Å². The Kier molecular flexibility index (Phi) is 4.20. The number of nitrogens with zero attached hydrogens (tertiary/aromatic N) is 2. The van der Waals surface area contributed by atoms with E-state index in [1.54, 1.807) is 0 Å². The summed E-state index contributed by atoms with van der Waals surface area (Å²) in [6, 6.07) is 2.10. The van der Waals surface area contributed by atoms with Crippen LogP contribution in [-0.4, -0.2) is 42.5 Å². The zero-order valence-corrected chi connectivity index (χ0v) is 10.9. The predicted octanol–water partition coefficient (Wildman–Crippen LogP) is 1.18. The van der Waals surface area contributed by atoms with Crippen LogP contribution in [0.3, 0.4) is 0 Å². The van der Waals surface area contributed by atoms with Gasteiger partial charge in [-0.25, -0.2) is 0 Å². The van der Waals surface area contributed by atoms with Gasteiger partial charge in [-0.3, -0.25) is 4.90 Å². The Morgan fingerprint density at radius 2 is 1.88 bits per heavy atom. The van der Waals surface area contributed by atoms with Gasteiger partial charge in [-0.2, -0.15) is 0 Å². The van der Waals surface area contributed by atoms with Crippen LogP contribution < -0.4 is 5.73 Å². The van der Waals surface area contributed by atoms with E-state index in [1.165, 1.54) is 13.1 Å². The smallest absolute Gasteiger partial charge is 0.118 e. The molecule has 96 valence electrons. The zero-order chi connectivity index (χ0) is 12.3. The van der Waals surface area contributed by atoms with E-state index in [0.29, 0.717) is 6.54 Å². The molecule has 0 atom stereocenters. The lowest BCUT2D eigenvalue weighted by atomic mass is 10.2. The minimum absolute atomic E-state index is 0.568. The highest BCUT2D eigenvalue weighted by Gasteiger charge is 2.17. The van der Waals surface area contributed by atoms with Crippen LogP contribution in [0, 0.1) is 6.92 Å². The van der Waals surface area contributed by atoms with E-state index in [4.69, 9.17) is 10.2 Å². The second-order valence-corrected chi connectivity index (χ2v) is 4.71. The first-order valence-corrected chi connectivity index (χ1v) is 6.46. The van der Waals surface area contributed by atoms with E-state index in [0.717, 1.165) is 43.3 Å². The first kappa shape index (κ1) is 12.6. The maximum Gasteiger partial charge on any atom is 0.118 e. The molecule has 17 heavy (non-hydrogen) atoms. The molecule has 1 aromatic rings. The molecule has 1 aliphatic rings. The Morgan fingerprint density at radius 3 is 2.41 bits per heavy atom. The number of hydrogen-bond donors (Lipinski definition) is 1. The molecule has 4 heteroatoms. The fraction of sp³-hybridized carbons (Fsp3) is 0.692. The molecule has 0 unspecified atom stereocenters. The molecule has 0 radical (unpaired) electrons. The molecule has 2 N–H and O–H groups in total. The second-order valence-electron chi connectivity index (χ2n) is 4.71. The minimum atomic E-state index is 0.568. The topological polar surface area (TPSA) is 45.6 Å². The molecular weight excluding hydrogens is 214 g/mol. The molecule has 0 aliphatic carbocycles. The normalized spacial score (nSPS) is 18.8. The van der Waals surface area contributed by atoms with Crippen molar-refractivity contribution >= 4 is 0 Å². The number of rotatable bonds is 4. The number of hydrogen-bond acceptors (Lipinski definition) is 4. The SMILES string of the molecule is CCN1CCN(Cc2cc(CN)c(C)o2)CC1. The number of piperazine rings is 1. The number of likely N-dealkylation sites (N-methyl/N-ethyl adjacent to an activating group) is 1. The predicted molar refractivity (Wildman–Crippen MR) is 68.7 cm³/mol. The summed E-state index contributed by atoms with van der Waals surface area (Å²) >= 11 is 0. The van der Waals surface area contributed by atoms with Gasteiger partial charge in [-0.1, -0.05) is 6.92 Å². The fourth-order valence-electron chi connectivity index (χ4n) is 2.35. The second kappa shape index (κ2) is 5.67. The molecule has 0 bridgehead atoms. The molecule has 4 nitrogen and oxygen atoms in total. The number of aryl methyl sites for hydroxylation is 1. The quantitative estimate of drug-likeness (QED) is 0.854. The number of nitrogens with two attached hydrogens (primary N) is 1. The fourth-order valence-corrected chi connectivity index (χ4v) is 2.35. The molecule has 0 aromatic carbocycles. The van der Waals surface area contributed by atoms with Crippen molar-refractivity contribution in [3.8, 4) is 0 Å². The molecule has 1 aromatic heterocycles. The average molecular weight is 237 g/mol. The van der Waals surface area contributed by atoms with Gasteiger partial charge in [-0.05, 0) is 19.5 Å². The zero-order valence-electron chi connectivity index (χ0n) is 10.9. The van der Waals surface area contributed by atoms with Crippen LogP contribution in [0.25, 0.3) is 0 Å². The van der Waals surface area contributed by atoms with Gasteiger partial charge in [0.15, 0.2) is 0 Å². The van der Waals surface area contributed by atoms with Crippen molar-refractivity contribution in [1.82, 2.24) is 9.80 Å². The van der Waals surface area contributed by atoms with Crippen LogP contribution in [0.2, 0.25) is 0 Å². The summed E-state index contributed by atoms with van der Waals surface area (Å²) in [5.74, 6) is 2.02. The van der Waals surface area contributed by atoms with Crippen molar-refractivity contribution < 1.29 is 4.42 Å². The van der Waals surface area contributed by atoms with Gasteiger partial charge in [0.1, 0.15) is 11.5 Å². The van der Waals surface area contributed by atoms with Crippen molar-refractivity contribution in [3.63, 3.8) is 0 Å². The van der Waals surface area contributed by atoms with Crippen LogP contribution >= 0.6 is 0 Å². The molecule has 1 saturated heterocycles. The van der Waals surface area contributed by atoms with Crippen molar-refractivity contribution in [2.24, 2.45) is 5.73 Å². The van der Waals surface area contributed by atoms with Gasteiger partial charge in [-0.15, -0.1) is 0 Å². The van der Waals surface area contributed by atoms with Gasteiger partial charge >= 0.3 is 0 Å². The van der Waals surface area contributed by atoms with Crippen LogP contribution in [0.15, 0.2) is 10.5 Å². The summed E-state index contributed by atoms with van der Waals surface area (Å²) in [6.07, 6.45) is 0. The first-order chi connectivity index (χ1) is 8.22. The molecule has 2 heterocycles. The third-order valence-electron chi connectivity index (χ3n) is 3.58. The maximum atomic E-state index is 5.73. The molecular formula is C13H23N3O. The molecule has 0 amide bonds. The Bertz CT molecular complexity index is 354. The summed E-state index contributed by atoms with van der Waals surface area (Å²) in [5, 5.41) is 0. The Labute approximate surface area is 103 Å². The van der Waals surface area contributed by atoms with Crippen LogP contribution in [0.5, 0.6) is 0 Å². The van der Waals surface area contributed by atoms with Crippen LogP contribution in [0.1, 0.15) is 24.0 Å². The molecule has 1 aliphatic heterocycles. The Hall–Kier alpha value is -0.840. The van der Waals surface area contributed by atoms with Gasteiger partial charge in [0.05, 0.1) is 6.54 Å². The highest BCUT2D eigenvalue weighted by molar-refractivity contribution is 5.20.